The van der Waals surface area contributed by atoms with Crippen LogP contribution in [0.25, 0.3) is 22.0 Å². The summed E-state index contributed by atoms with van der Waals surface area (Å²) in [6.07, 6.45) is -4.22. The number of carbonyl (C=O) groups is 1. The molecule has 1 atom stereocenters. The molecule has 0 radical (unpaired) electrons. The predicted octanol–water partition coefficient (Wildman–Crippen LogP) is 4.97. The molecular weight excluding hydrogens is 555 g/mol. The molecule has 1 aliphatic rings. The molecule has 1 aliphatic heterocycles. The molecule has 1 amide bonds. The molecule has 2 aromatic carbocycles. The Morgan fingerprint density at radius 1 is 1.15 bits per heavy atom. The number of hydrogen-bond acceptors (Lipinski definition) is 6. The number of halogens is 4. The number of nitrogens with zero attached hydrogens (tertiary/aromatic N) is 2. The number of amides is 1. The van der Waals surface area contributed by atoms with Crippen LogP contribution in [0.2, 0.25) is 5.02 Å². The zero-order valence-electron chi connectivity index (χ0n) is 21.2. The third kappa shape index (κ3) is 7.08. The maximum absolute atomic E-state index is 13.5. The van der Waals surface area contributed by atoms with E-state index in [0.717, 1.165) is 43.5 Å². The highest BCUT2D eigenvalue weighted by Gasteiger charge is 2.31. The second kappa shape index (κ2) is 12.2. The molecule has 0 aliphatic carbocycles. The smallest absolute Gasteiger partial charge is 0.416 e. The van der Waals surface area contributed by atoms with Gasteiger partial charge in [0.25, 0.3) is 5.56 Å². The van der Waals surface area contributed by atoms with E-state index in [1.807, 2.05) is 0 Å². The lowest BCUT2D eigenvalue weighted by atomic mass is 9.98. The van der Waals surface area contributed by atoms with Crippen molar-refractivity contribution in [1.29, 1.82) is 0 Å². The van der Waals surface area contributed by atoms with E-state index in [9.17, 15) is 33.0 Å². The summed E-state index contributed by atoms with van der Waals surface area (Å²) in [5.74, 6) is -0.0539. The van der Waals surface area contributed by atoms with Gasteiger partial charge in [-0.05, 0) is 55.8 Å². The summed E-state index contributed by atoms with van der Waals surface area (Å²) in [6.45, 7) is 5.19. The van der Waals surface area contributed by atoms with Gasteiger partial charge in [0.1, 0.15) is 5.75 Å². The van der Waals surface area contributed by atoms with Crippen molar-refractivity contribution in [3.05, 3.63) is 57.3 Å². The normalized spacial score (nSPS) is 15.6. The molecule has 3 aromatic rings. The van der Waals surface area contributed by atoms with E-state index in [4.69, 9.17) is 11.6 Å². The number of piperazine rings is 1. The number of alkyl halides is 3. The Bertz CT molecular complexity index is 1410. The second-order valence-corrected chi connectivity index (χ2v) is 11.0. The maximum Gasteiger partial charge on any atom is 0.416 e. The second-order valence-electron chi connectivity index (χ2n) is 9.53. The van der Waals surface area contributed by atoms with Crippen molar-refractivity contribution >= 4 is 40.2 Å². The van der Waals surface area contributed by atoms with Gasteiger partial charge in [-0.1, -0.05) is 11.6 Å². The number of rotatable bonds is 8. The van der Waals surface area contributed by atoms with E-state index in [1.165, 1.54) is 24.3 Å². The van der Waals surface area contributed by atoms with E-state index >= 15 is 0 Å². The standard InChI is InChI=1S/C27H29ClF3N3O4S/c1-16(35)34-11-9-33(10-12-34)8-2-3-19(36)15-39-25-24(21-14-18(28)5-7-23(21)37)20-13-17(27(29,30)31)4-6-22(20)32-26(25)38/h4-7,13-14,19,36-37H,2-3,8-12,15H2,1H3,(H,32,38). The Morgan fingerprint density at radius 3 is 2.54 bits per heavy atom. The maximum atomic E-state index is 13.5. The highest BCUT2D eigenvalue weighted by atomic mass is 35.5. The van der Waals surface area contributed by atoms with Gasteiger partial charge in [-0.3, -0.25) is 14.5 Å². The average molecular weight is 584 g/mol. The SMILES string of the molecule is CC(=O)N1CCN(CCCC(O)CSc2c(-c3cc(Cl)ccc3O)c3cc(C(F)(F)F)ccc3[nH]c2=O)CC1. The third-order valence-corrected chi connectivity index (χ3v) is 8.24. The molecule has 1 unspecified atom stereocenters. The van der Waals surface area contributed by atoms with Gasteiger partial charge in [0.15, 0.2) is 0 Å². The molecule has 1 saturated heterocycles. The van der Waals surface area contributed by atoms with Crippen LogP contribution in [0.5, 0.6) is 5.75 Å². The van der Waals surface area contributed by atoms with E-state index in [2.05, 4.69) is 9.88 Å². The van der Waals surface area contributed by atoms with Gasteiger partial charge in [-0.15, -0.1) is 11.8 Å². The van der Waals surface area contributed by atoms with E-state index in [0.29, 0.717) is 25.9 Å². The van der Waals surface area contributed by atoms with Gasteiger partial charge < -0.3 is 20.1 Å². The van der Waals surface area contributed by atoms with Crippen molar-refractivity contribution in [3.8, 4) is 16.9 Å². The minimum atomic E-state index is -4.61. The number of aliphatic hydroxyl groups is 1. The van der Waals surface area contributed by atoms with Crippen LogP contribution in [0.3, 0.4) is 0 Å². The quantitative estimate of drug-likeness (QED) is 0.324. The molecule has 0 saturated carbocycles. The first kappa shape index (κ1) is 29.3. The van der Waals surface area contributed by atoms with Crippen molar-refractivity contribution < 1.29 is 28.2 Å². The van der Waals surface area contributed by atoms with Crippen molar-refractivity contribution in [3.63, 3.8) is 0 Å². The van der Waals surface area contributed by atoms with Crippen LogP contribution in [0.15, 0.2) is 46.1 Å². The van der Waals surface area contributed by atoms with Gasteiger partial charge in [-0.2, -0.15) is 13.2 Å². The number of fused-ring (bicyclic) bond motifs is 1. The minimum absolute atomic E-state index is 0.0610. The first-order valence-corrected chi connectivity index (χ1v) is 13.8. The van der Waals surface area contributed by atoms with Crippen molar-refractivity contribution in [1.82, 2.24) is 14.8 Å². The highest BCUT2D eigenvalue weighted by molar-refractivity contribution is 7.99. The van der Waals surface area contributed by atoms with Crippen LogP contribution in [0.4, 0.5) is 13.2 Å². The summed E-state index contributed by atoms with van der Waals surface area (Å²) in [5, 5.41) is 21.6. The number of benzene rings is 2. The predicted molar refractivity (Wildman–Crippen MR) is 146 cm³/mol. The Labute approximate surface area is 232 Å². The number of carbonyl (C=O) groups excluding carboxylic acids is 1. The number of phenols is 1. The number of pyridine rings is 1. The Kier molecular flexibility index (Phi) is 9.15. The molecule has 3 N–H and O–H groups in total. The molecular formula is C27H29ClF3N3O4S. The van der Waals surface area contributed by atoms with Crippen LogP contribution < -0.4 is 5.56 Å². The van der Waals surface area contributed by atoms with Gasteiger partial charge in [-0.25, -0.2) is 0 Å². The number of phenolic OH excluding ortho intramolecular Hbond substituents is 1. The van der Waals surface area contributed by atoms with Gasteiger partial charge in [0.2, 0.25) is 5.91 Å². The fraction of sp³-hybridized carbons (Fsp3) is 0.407. The molecule has 2 heterocycles. The number of nitrogens with one attached hydrogen (secondary N) is 1. The summed E-state index contributed by atoms with van der Waals surface area (Å²) in [7, 11) is 0. The molecule has 1 aromatic heterocycles. The van der Waals surface area contributed by atoms with E-state index in [-0.39, 0.29) is 49.4 Å². The summed E-state index contributed by atoms with van der Waals surface area (Å²) in [5.41, 5.74) is -1.01. The van der Waals surface area contributed by atoms with E-state index < -0.39 is 23.4 Å². The lowest BCUT2D eigenvalue weighted by Crippen LogP contribution is -2.48. The van der Waals surface area contributed by atoms with Crippen LogP contribution >= 0.6 is 23.4 Å². The van der Waals surface area contributed by atoms with Gasteiger partial charge in [0, 0.05) is 65.9 Å². The van der Waals surface area contributed by atoms with Crippen LogP contribution in [-0.2, 0) is 11.0 Å². The summed E-state index contributed by atoms with van der Waals surface area (Å²) >= 11 is 7.16. The first-order valence-electron chi connectivity index (χ1n) is 12.5. The third-order valence-electron chi connectivity index (χ3n) is 6.78. The molecule has 210 valence electrons. The monoisotopic (exact) mass is 583 g/mol. The molecule has 39 heavy (non-hydrogen) atoms. The van der Waals surface area contributed by atoms with Gasteiger partial charge >= 0.3 is 6.18 Å². The number of hydrogen-bond donors (Lipinski definition) is 3. The number of aliphatic hydroxyl groups excluding tert-OH is 1. The van der Waals surface area contributed by atoms with Crippen molar-refractivity contribution in [2.45, 2.75) is 36.9 Å². The Hall–Kier alpha value is -2.73. The Balaban J connectivity index is 1.55. The largest absolute Gasteiger partial charge is 0.507 e. The molecule has 0 bridgehead atoms. The summed E-state index contributed by atoms with van der Waals surface area (Å²) < 4.78 is 40.6. The molecule has 4 rings (SSSR count). The Morgan fingerprint density at radius 2 is 1.87 bits per heavy atom. The average Bonchev–Trinajstić information content (AvgIpc) is 2.88. The van der Waals surface area contributed by atoms with Crippen molar-refractivity contribution in [2.75, 3.05) is 38.5 Å². The molecule has 12 heteroatoms. The lowest BCUT2D eigenvalue weighted by molar-refractivity contribution is -0.137. The minimum Gasteiger partial charge on any atom is -0.507 e. The van der Waals surface area contributed by atoms with Crippen LogP contribution in [0.1, 0.15) is 25.3 Å². The number of aromatic hydroxyl groups is 1. The zero-order chi connectivity index (χ0) is 28.3. The topological polar surface area (TPSA) is 96.9 Å². The number of aromatic amines is 1. The van der Waals surface area contributed by atoms with Crippen LogP contribution in [0, 0.1) is 0 Å². The van der Waals surface area contributed by atoms with Crippen molar-refractivity contribution in [2.24, 2.45) is 0 Å². The first-order chi connectivity index (χ1) is 18.4. The summed E-state index contributed by atoms with van der Waals surface area (Å²) in [4.78, 5) is 31.3. The summed E-state index contributed by atoms with van der Waals surface area (Å²) in [6, 6.07) is 7.16. The zero-order valence-corrected chi connectivity index (χ0v) is 22.8. The van der Waals surface area contributed by atoms with E-state index in [1.54, 1.807) is 11.8 Å². The fourth-order valence-electron chi connectivity index (χ4n) is 4.66. The molecule has 7 nitrogen and oxygen atoms in total. The highest BCUT2D eigenvalue weighted by Crippen LogP contribution is 2.42. The van der Waals surface area contributed by atoms with Gasteiger partial charge in [0.05, 0.1) is 16.6 Å². The molecule has 1 fully saturated rings. The lowest BCUT2D eigenvalue weighted by Gasteiger charge is -2.34. The number of thioether (sulfide) groups is 1. The molecule has 0 spiro atoms. The van der Waals surface area contributed by atoms with Crippen LogP contribution in [-0.4, -0.2) is 75.5 Å². The fourth-order valence-corrected chi connectivity index (χ4v) is 5.91. The number of H-pyrrole nitrogens is 1. The number of aromatic nitrogens is 1.